The van der Waals surface area contributed by atoms with Gasteiger partial charge in [-0.2, -0.15) is 4.89 Å². The second kappa shape index (κ2) is 8.65. The molecule has 1 heterocycles. The highest BCUT2D eigenvalue weighted by atomic mass is 17.2. The summed E-state index contributed by atoms with van der Waals surface area (Å²) in [5, 5.41) is 28.0. The van der Waals surface area contributed by atoms with Gasteiger partial charge in [-0.25, -0.2) is 4.79 Å². The number of aliphatic hydroxyl groups excluding tert-OH is 3. The topological polar surface area (TPSA) is 115 Å². The number of carbonyl (C=O) groups is 1. The van der Waals surface area contributed by atoms with Crippen LogP contribution in [0, 0.1) is 0 Å². The Morgan fingerprint density at radius 3 is 2.58 bits per heavy atom. The van der Waals surface area contributed by atoms with Gasteiger partial charge in [0.1, 0.15) is 19.3 Å². The second-order valence-electron chi connectivity index (χ2n) is 5.26. The number of aliphatic hydroxyl groups is 3. The summed E-state index contributed by atoms with van der Waals surface area (Å²) in [6.07, 6.45) is -3.43. The molecule has 1 aliphatic rings. The zero-order chi connectivity index (χ0) is 17.5. The summed E-state index contributed by atoms with van der Waals surface area (Å²) in [5.41, 5.74) is 0.813. The van der Waals surface area contributed by atoms with Crippen LogP contribution in [0.15, 0.2) is 41.9 Å². The van der Waals surface area contributed by atoms with Crippen molar-refractivity contribution in [1.82, 2.24) is 0 Å². The molecule has 0 saturated carbocycles. The van der Waals surface area contributed by atoms with Crippen molar-refractivity contribution in [2.24, 2.45) is 0 Å². The van der Waals surface area contributed by atoms with Gasteiger partial charge in [0.15, 0.2) is 6.10 Å². The molecule has 1 aliphatic heterocycles. The minimum Gasteiger partial charge on any atom is -0.479 e. The molecule has 0 amide bonds. The maximum atomic E-state index is 12.0. The Morgan fingerprint density at radius 2 is 1.96 bits per heavy atom. The van der Waals surface area contributed by atoms with Crippen LogP contribution in [0.3, 0.4) is 0 Å². The first-order valence-corrected chi connectivity index (χ1v) is 7.41. The van der Waals surface area contributed by atoms with Crippen molar-refractivity contribution in [1.29, 1.82) is 0 Å². The summed E-state index contributed by atoms with van der Waals surface area (Å²) < 4.78 is 10.4. The summed E-state index contributed by atoms with van der Waals surface area (Å²) in [4.78, 5) is 21.8. The third kappa shape index (κ3) is 4.68. The molecule has 0 fully saturated rings. The number of esters is 1. The average molecular weight is 340 g/mol. The summed E-state index contributed by atoms with van der Waals surface area (Å²) >= 11 is 0. The Bertz CT molecular complexity index is 569. The van der Waals surface area contributed by atoms with Crippen LogP contribution in [-0.2, 0) is 30.7 Å². The van der Waals surface area contributed by atoms with E-state index in [1.165, 1.54) is 6.92 Å². The van der Waals surface area contributed by atoms with Crippen molar-refractivity contribution in [2.75, 3.05) is 13.2 Å². The van der Waals surface area contributed by atoms with Gasteiger partial charge in [0.2, 0.25) is 5.76 Å². The number of benzene rings is 1. The van der Waals surface area contributed by atoms with E-state index in [-0.39, 0.29) is 24.7 Å². The smallest absolute Gasteiger partial charge is 0.378 e. The highest BCUT2D eigenvalue weighted by Gasteiger charge is 2.43. The van der Waals surface area contributed by atoms with Crippen LogP contribution in [0.1, 0.15) is 12.5 Å². The van der Waals surface area contributed by atoms with Crippen LogP contribution >= 0.6 is 0 Å². The van der Waals surface area contributed by atoms with Gasteiger partial charge < -0.3 is 29.7 Å². The highest BCUT2D eigenvalue weighted by molar-refractivity contribution is 5.89. The van der Waals surface area contributed by atoms with E-state index in [9.17, 15) is 15.0 Å². The minimum absolute atomic E-state index is 0.0798. The van der Waals surface area contributed by atoms with Crippen LogP contribution in [0.4, 0.5) is 0 Å². The van der Waals surface area contributed by atoms with Crippen molar-refractivity contribution in [2.45, 2.75) is 31.8 Å². The molecule has 8 heteroatoms. The van der Waals surface area contributed by atoms with Crippen molar-refractivity contribution < 1.29 is 39.4 Å². The first-order chi connectivity index (χ1) is 11.5. The standard InChI is InChI=1S/C16H20O8/c1-10(18)8-22-24-14-13(12(19)7-17)23-16(20)15(14)21-9-11-5-3-2-4-6-11/h2-6,10,12-13,17-19H,7-9H2,1H3/t10?,12-,13+/m0/s1. The van der Waals surface area contributed by atoms with Gasteiger partial charge in [0.25, 0.3) is 5.76 Å². The van der Waals surface area contributed by atoms with Crippen LogP contribution in [-0.4, -0.2) is 52.8 Å². The molecule has 0 saturated heterocycles. The predicted octanol–water partition coefficient (Wildman–Crippen LogP) is 0.0224. The summed E-state index contributed by atoms with van der Waals surface area (Å²) in [6, 6.07) is 9.11. The maximum absolute atomic E-state index is 12.0. The zero-order valence-electron chi connectivity index (χ0n) is 13.1. The second-order valence-corrected chi connectivity index (χ2v) is 5.26. The van der Waals surface area contributed by atoms with Crippen LogP contribution < -0.4 is 0 Å². The van der Waals surface area contributed by atoms with Crippen LogP contribution in [0.2, 0.25) is 0 Å². The van der Waals surface area contributed by atoms with E-state index in [0.29, 0.717) is 0 Å². The van der Waals surface area contributed by atoms with Gasteiger partial charge >= 0.3 is 5.97 Å². The Kier molecular flexibility index (Phi) is 6.56. The average Bonchev–Trinajstić information content (AvgIpc) is 2.89. The van der Waals surface area contributed by atoms with E-state index < -0.39 is 30.9 Å². The Morgan fingerprint density at radius 1 is 1.25 bits per heavy atom. The minimum atomic E-state index is -1.39. The first kappa shape index (κ1) is 18.2. The molecule has 132 valence electrons. The van der Waals surface area contributed by atoms with E-state index in [0.717, 1.165) is 5.56 Å². The Balaban J connectivity index is 2.13. The van der Waals surface area contributed by atoms with Gasteiger partial charge in [-0.05, 0) is 12.5 Å². The molecule has 2 rings (SSSR count). The van der Waals surface area contributed by atoms with Crippen LogP contribution in [0.5, 0.6) is 0 Å². The molecule has 1 aromatic carbocycles. The van der Waals surface area contributed by atoms with E-state index in [1.807, 2.05) is 30.3 Å². The molecule has 1 aromatic rings. The van der Waals surface area contributed by atoms with Gasteiger partial charge in [-0.3, -0.25) is 0 Å². The third-order valence-electron chi connectivity index (χ3n) is 3.12. The highest BCUT2D eigenvalue weighted by Crippen LogP contribution is 2.28. The number of carbonyl (C=O) groups excluding carboxylic acids is 1. The Labute approximate surface area is 138 Å². The third-order valence-corrected chi connectivity index (χ3v) is 3.12. The van der Waals surface area contributed by atoms with Gasteiger partial charge in [-0.15, -0.1) is 0 Å². The predicted molar refractivity (Wildman–Crippen MR) is 79.9 cm³/mol. The molecule has 3 atom stereocenters. The van der Waals surface area contributed by atoms with E-state index >= 15 is 0 Å². The number of rotatable bonds is 9. The normalized spacial score (nSPS) is 19.8. The molecule has 0 spiro atoms. The molecule has 3 N–H and O–H groups in total. The lowest BCUT2D eigenvalue weighted by Crippen LogP contribution is -2.32. The largest absolute Gasteiger partial charge is 0.479 e. The van der Waals surface area contributed by atoms with Gasteiger partial charge in [-0.1, -0.05) is 30.3 Å². The summed E-state index contributed by atoms with van der Waals surface area (Å²) in [7, 11) is 0. The number of hydrogen-bond acceptors (Lipinski definition) is 8. The van der Waals surface area contributed by atoms with Crippen molar-refractivity contribution in [3.05, 3.63) is 47.4 Å². The molecule has 0 aliphatic carbocycles. The summed E-state index contributed by atoms with van der Waals surface area (Å²) in [5.74, 6) is -1.26. The van der Waals surface area contributed by atoms with E-state index in [2.05, 4.69) is 0 Å². The molecule has 0 radical (unpaired) electrons. The molecule has 24 heavy (non-hydrogen) atoms. The van der Waals surface area contributed by atoms with Gasteiger partial charge in [0.05, 0.1) is 12.7 Å². The number of cyclic esters (lactones) is 1. The molecule has 1 unspecified atom stereocenters. The van der Waals surface area contributed by atoms with Crippen LogP contribution in [0.25, 0.3) is 0 Å². The fourth-order valence-electron chi connectivity index (χ4n) is 1.94. The zero-order valence-corrected chi connectivity index (χ0v) is 13.1. The molecule has 8 nitrogen and oxygen atoms in total. The van der Waals surface area contributed by atoms with Crippen molar-refractivity contribution in [3.63, 3.8) is 0 Å². The number of hydrogen-bond donors (Lipinski definition) is 3. The molecular weight excluding hydrogens is 320 g/mol. The maximum Gasteiger partial charge on any atom is 0.378 e. The molecular formula is C16H20O8. The van der Waals surface area contributed by atoms with E-state index in [1.54, 1.807) is 0 Å². The van der Waals surface area contributed by atoms with Gasteiger partial charge in [0, 0.05) is 0 Å². The number of ether oxygens (including phenoxy) is 2. The van der Waals surface area contributed by atoms with Crippen molar-refractivity contribution in [3.8, 4) is 0 Å². The van der Waals surface area contributed by atoms with E-state index in [4.69, 9.17) is 24.4 Å². The lowest BCUT2D eigenvalue weighted by molar-refractivity contribution is -0.284. The lowest BCUT2D eigenvalue weighted by atomic mass is 10.2. The fourth-order valence-corrected chi connectivity index (χ4v) is 1.94. The lowest BCUT2D eigenvalue weighted by Gasteiger charge is -2.17. The fraction of sp³-hybridized carbons (Fsp3) is 0.438. The quantitative estimate of drug-likeness (QED) is 0.327. The first-order valence-electron chi connectivity index (χ1n) is 7.41. The monoisotopic (exact) mass is 340 g/mol. The molecule has 0 aromatic heterocycles. The summed E-state index contributed by atoms with van der Waals surface area (Å²) in [6.45, 7) is 0.760. The van der Waals surface area contributed by atoms with Crippen molar-refractivity contribution >= 4 is 5.97 Å². The molecule has 0 bridgehead atoms. The SMILES string of the molecule is CC(O)COOC1=C(OCc2ccccc2)C(=O)O[C@@H]1[C@@H](O)CO. The Hall–Kier alpha value is -2.13.